The molecule has 1 saturated heterocycles. The molecule has 2 aliphatic heterocycles. The molecule has 5 unspecified atom stereocenters. The highest BCUT2D eigenvalue weighted by Gasteiger charge is 2.38. The summed E-state index contributed by atoms with van der Waals surface area (Å²) in [6.07, 6.45) is 7.25. The van der Waals surface area contributed by atoms with Crippen molar-refractivity contribution in [3.8, 4) is 0 Å². The number of hydrogen-bond donors (Lipinski definition) is 3. The van der Waals surface area contributed by atoms with E-state index >= 15 is 0 Å². The van der Waals surface area contributed by atoms with Crippen LogP contribution >= 0.6 is 34.4 Å². The summed E-state index contributed by atoms with van der Waals surface area (Å²) in [7, 11) is 0. The number of rotatable bonds is 4. The molecule has 2 aromatic heterocycles. The zero-order valence-corrected chi connectivity index (χ0v) is 30.0. The number of thiophene rings is 2. The van der Waals surface area contributed by atoms with Gasteiger partial charge in [0.25, 0.3) is 0 Å². The van der Waals surface area contributed by atoms with Crippen molar-refractivity contribution in [3.05, 3.63) is 180 Å². The molecule has 8 aromatic rings. The third-order valence-corrected chi connectivity index (χ3v) is 14.5. The topological polar surface area (TPSA) is 36.1 Å². The minimum absolute atomic E-state index is 0.0184. The van der Waals surface area contributed by atoms with Gasteiger partial charge < -0.3 is 0 Å². The molecule has 3 N–H and O–H groups in total. The van der Waals surface area contributed by atoms with Gasteiger partial charge in [0, 0.05) is 56.4 Å². The maximum absolute atomic E-state index is 4.01. The Labute approximate surface area is 308 Å². The van der Waals surface area contributed by atoms with E-state index in [4.69, 9.17) is 0 Å². The minimum atomic E-state index is -0.0429. The molecule has 5 atom stereocenters. The van der Waals surface area contributed by atoms with Crippen molar-refractivity contribution >= 4 is 80.4 Å². The third kappa shape index (κ3) is 4.97. The molecule has 0 radical (unpaired) electrons. The number of fused-ring (bicyclic) bond motifs is 9. The first kappa shape index (κ1) is 30.1. The second-order valence-corrected chi connectivity index (χ2v) is 17.0. The molecule has 0 amide bonds. The van der Waals surface area contributed by atoms with E-state index in [-0.39, 0.29) is 18.5 Å². The van der Waals surface area contributed by atoms with Crippen molar-refractivity contribution in [2.75, 3.05) is 0 Å². The normalized spacial score (nSPS) is 22.8. The SMILES string of the molecule is C1=CC2c3cccc(C4NC(c5ccccc5)NC(c5ccc6sc7ccccc7c6c5)N4)c3SC2C=C1c1cccc2c1sc1ccccc12. The molecule has 246 valence electrons. The number of benzene rings is 6. The van der Waals surface area contributed by atoms with Gasteiger partial charge in [-0.2, -0.15) is 0 Å². The van der Waals surface area contributed by atoms with E-state index in [1.165, 1.54) is 78.6 Å². The highest BCUT2D eigenvalue weighted by atomic mass is 32.2. The van der Waals surface area contributed by atoms with Crippen LogP contribution in [0.25, 0.3) is 45.9 Å². The lowest BCUT2D eigenvalue weighted by Crippen LogP contribution is -2.54. The molecule has 0 spiro atoms. The lowest BCUT2D eigenvalue weighted by Gasteiger charge is -2.40. The fraction of sp³-hybridized carbons (Fsp3) is 0.111. The molecule has 0 bridgehead atoms. The van der Waals surface area contributed by atoms with Gasteiger partial charge in [0.2, 0.25) is 0 Å². The monoisotopic (exact) mass is 711 g/mol. The van der Waals surface area contributed by atoms with Crippen LogP contribution in [0, 0.1) is 0 Å². The summed E-state index contributed by atoms with van der Waals surface area (Å²) in [5.74, 6) is 0.354. The van der Waals surface area contributed by atoms with Crippen LogP contribution in [0.4, 0.5) is 0 Å². The summed E-state index contributed by atoms with van der Waals surface area (Å²) in [6.45, 7) is 0. The smallest absolute Gasteiger partial charge is 0.0875 e. The van der Waals surface area contributed by atoms with Crippen LogP contribution in [-0.4, -0.2) is 5.25 Å². The van der Waals surface area contributed by atoms with E-state index in [1.54, 1.807) is 0 Å². The van der Waals surface area contributed by atoms with E-state index in [2.05, 4.69) is 168 Å². The zero-order valence-electron chi connectivity index (χ0n) is 27.5. The van der Waals surface area contributed by atoms with Gasteiger partial charge in [0.1, 0.15) is 0 Å². The molecule has 3 nitrogen and oxygen atoms in total. The summed E-state index contributed by atoms with van der Waals surface area (Å²) < 4.78 is 5.39. The Balaban J connectivity index is 0.956. The van der Waals surface area contributed by atoms with E-state index < -0.39 is 0 Å². The predicted molar refractivity (Wildman–Crippen MR) is 219 cm³/mol. The maximum Gasteiger partial charge on any atom is 0.0875 e. The van der Waals surface area contributed by atoms with Crippen LogP contribution in [0.2, 0.25) is 0 Å². The highest BCUT2D eigenvalue weighted by Crippen LogP contribution is 2.53. The van der Waals surface area contributed by atoms with Crippen LogP contribution in [0.1, 0.15) is 52.2 Å². The maximum atomic E-state index is 4.01. The Bertz CT molecular complexity index is 2710. The lowest BCUT2D eigenvalue weighted by molar-refractivity contribution is 0.201. The van der Waals surface area contributed by atoms with Crippen LogP contribution < -0.4 is 16.0 Å². The van der Waals surface area contributed by atoms with Gasteiger partial charge in [-0.3, -0.25) is 16.0 Å². The number of hydrogen-bond acceptors (Lipinski definition) is 6. The molecule has 1 fully saturated rings. The highest BCUT2D eigenvalue weighted by molar-refractivity contribution is 8.00. The summed E-state index contributed by atoms with van der Waals surface area (Å²) in [6, 6.07) is 49.0. The van der Waals surface area contributed by atoms with Gasteiger partial charge in [-0.25, -0.2) is 0 Å². The fourth-order valence-corrected chi connectivity index (χ4v) is 12.2. The molecular weight excluding hydrogens is 679 g/mol. The third-order valence-electron chi connectivity index (χ3n) is 10.8. The molecule has 1 aliphatic carbocycles. The quantitative estimate of drug-likeness (QED) is 0.170. The van der Waals surface area contributed by atoms with E-state index in [0.29, 0.717) is 11.2 Å². The average Bonchev–Trinajstić information content (AvgIpc) is 3.88. The average molecular weight is 712 g/mol. The second-order valence-electron chi connectivity index (χ2n) is 13.7. The van der Waals surface area contributed by atoms with Crippen LogP contribution in [0.3, 0.4) is 0 Å². The molecule has 3 aliphatic rings. The largest absolute Gasteiger partial charge is 0.279 e. The minimum Gasteiger partial charge on any atom is -0.279 e. The van der Waals surface area contributed by atoms with Crippen molar-refractivity contribution in [1.82, 2.24) is 16.0 Å². The predicted octanol–water partition coefficient (Wildman–Crippen LogP) is 11.8. The fourth-order valence-electron chi connectivity index (χ4n) is 8.31. The van der Waals surface area contributed by atoms with Crippen molar-refractivity contribution in [3.63, 3.8) is 0 Å². The Kier molecular flexibility index (Phi) is 7.10. The Morgan fingerprint density at radius 1 is 0.490 bits per heavy atom. The first-order valence-electron chi connectivity index (χ1n) is 17.6. The summed E-state index contributed by atoms with van der Waals surface area (Å²) in [4.78, 5) is 1.39. The van der Waals surface area contributed by atoms with Gasteiger partial charge in [-0.1, -0.05) is 127 Å². The Morgan fingerprint density at radius 2 is 1.16 bits per heavy atom. The van der Waals surface area contributed by atoms with Crippen molar-refractivity contribution in [1.29, 1.82) is 0 Å². The van der Waals surface area contributed by atoms with E-state index in [9.17, 15) is 0 Å². The standard InChI is InChI=1S/C45H33N3S3/c1-2-10-26(11-3-1)43-46-44(28-21-23-39-36(24-28)31-13-5-6-18-37(31)49-39)48-45(47-43)35-17-9-16-34-32-22-20-27(25-40(32)51-42(34)35)29-14-8-15-33-30-12-4-7-19-38(30)50-41(29)33/h1-25,32,40,43-48H. The van der Waals surface area contributed by atoms with E-state index in [1.807, 2.05) is 34.4 Å². The zero-order chi connectivity index (χ0) is 33.5. The molecule has 0 saturated carbocycles. The molecule has 6 aromatic carbocycles. The van der Waals surface area contributed by atoms with Gasteiger partial charge in [0.05, 0.1) is 18.5 Å². The van der Waals surface area contributed by atoms with Crippen LogP contribution in [0.15, 0.2) is 157 Å². The summed E-state index contributed by atoms with van der Waals surface area (Å²) in [5.41, 5.74) is 7.89. The van der Waals surface area contributed by atoms with Crippen molar-refractivity contribution in [2.24, 2.45) is 0 Å². The van der Waals surface area contributed by atoms with Gasteiger partial charge in [-0.05, 0) is 57.7 Å². The first-order valence-corrected chi connectivity index (χ1v) is 20.1. The molecule has 51 heavy (non-hydrogen) atoms. The van der Waals surface area contributed by atoms with Gasteiger partial charge >= 0.3 is 0 Å². The lowest BCUT2D eigenvalue weighted by atomic mass is 9.87. The van der Waals surface area contributed by atoms with Gasteiger partial charge in [0.15, 0.2) is 0 Å². The first-order chi connectivity index (χ1) is 25.2. The molecule has 6 heteroatoms. The molecule has 11 rings (SSSR count). The summed E-state index contributed by atoms with van der Waals surface area (Å²) >= 11 is 5.80. The number of nitrogens with one attached hydrogen (secondary N) is 3. The Morgan fingerprint density at radius 3 is 2.02 bits per heavy atom. The number of allylic oxidation sites excluding steroid dienone is 3. The Hall–Kier alpha value is -4.53. The second kappa shape index (κ2) is 12.0. The summed E-state index contributed by atoms with van der Waals surface area (Å²) in [5, 5.41) is 17.6. The van der Waals surface area contributed by atoms with Crippen LogP contribution in [-0.2, 0) is 0 Å². The van der Waals surface area contributed by atoms with E-state index in [0.717, 1.165) is 0 Å². The van der Waals surface area contributed by atoms with Crippen molar-refractivity contribution < 1.29 is 0 Å². The van der Waals surface area contributed by atoms with Crippen LogP contribution in [0.5, 0.6) is 0 Å². The van der Waals surface area contributed by atoms with Gasteiger partial charge in [-0.15, -0.1) is 34.4 Å². The van der Waals surface area contributed by atoms with Crippen molar-refractivity contribution in [2.45, 2.75) is 34.6 Å². The molecular formula is C45H33N3S3. The molecule has 4 heterocycles. The number of thioether (sulfide) groups is 1.